The van der Waals surface area contributed by atoms with Crippen LogP contribution in [0.3, 0.4) is 0 Å². The maximum Gasteiger partial charge on any atom is 0.340 e. The maximum absolute atomic E-state index is 12.1. The first-order valence-electron chi connectivity index (χ1n) is 7.12. The SMILES string of the molecule is COc1ccc2c(C)c(CC(=O)NC[C@H](O)CO)c(=O)oc2c1. The van der Waals surface area contributed by atoms with Gasteiger partial charge in [0, 0.05) is 18.0 Å². The molecule has 0 radical (unpaired) electrons. The van der Waals surface area contributed by atoms with Crippen LogP contribution in [0.2, 0.25) is 0 Å². The van der Waals surface area contributed by atoms with E-state index in [0.29, 0.717) is 16.9 Å². The number of fused-ring (bicyclic) bond motifs is 1. The number of aryl methyl sites for hydroxylation is 1. The molecular weight excluding hydrogens is 302 g/mol. The third kappa shape index (κ3) is 3.88. The van der Waals surface area contributed by atoms with Gasteiger partial charge in [-0.05, 0) is 24.6 Å². The topological polar surface area (TPSA) is 109 Å². The molecule has 0 saturated heterocycles. The van der Waals surface area contributed by atoms with E-state index in [1.165, 1.54) is 7.11 Å². The second kappa shape index (κ2) is 7.26. The summed E-state index contributed by atoms with van der Waals surface area (Å²) in [6.45, 7) is 1.22. The van der Waals surface area contributed by atoms with Crippen LogP contribution in [0.15, 0.2) is 27.4 Å². The summed E-state index contributed by atoms with van der Waals surface area (Å²) in [7, 11) is 1.52. The summed E-state index contributed by atoms with van der Waals surface area (Å²) in [6, 6.07) is 5.13. The Bertz CT molecular complexity index is 767. The zero-order valence-corrected chi connectivity index (χ0v) is 13.0. The molecule has 0 unspecified atom stereocenters. The summed E-state index contributed by atoms with van der Waals surface area (Å²) in [5.74, 6) is 0.143. The molecule has 1 aromatic carbocycles. The quantitative estimate of drug-likeness (QED) is 0.652. The van der Waals surface area contributed by atoms with Crippen LogP contribution >= 0.6 is 0 Å². The molecule has 1 aromatic heterocycles. The van der Waals surface area contributed by atoms with Crippen molar-refractivity contribution in [2.24, 2.45) is 0 Å². The van der Waals surface area contributed by atoms with Gasteiger partial charge in [-0.1, -0.05) is 0 Å². The van der Waals surface area contributed by atoms with Crippen LogP contribution in [0.5, 0.6) is 5.75 Å². The number of ether oxygens (including phenoxy) is 1. The van der Waals surface area contributed by atoms with E-state index in [2.05, 4.69) is 5.32 Å². The van der Waals surface area contributed by atoms with Crippen LogP contribution in [0.4, 0.5) is 0 Å². The second-order valence-electron chi connectivity index (χ2n) is 5.17. The molecule has 1 heterocycles. The highest BCUT2D eigenvalue weighted by Crippen LogP contribution is 2.24. The van der Waals surface area contributed by atoms with E-state index in [4.69, 9.17) is 14.3 Å². The lowest BCUT2D eigenvalue weighted by Gasteiger charge is -2.11. The van der Waals surface area contributed by atoms with Crippen molar-refractivity contribution < 1.29 is 24.2 Å². The number of aliphatic hydroxyl groups is 2. The summed E-state index contributed by atoms with van der Waals surface area (Å²) in [4.78, 5) is 24.0. The van der Waals surface area contributed by atoms with Crippen LogP contribution < -0.4 is 15.7 Å². The minimum Gasteiger partial charge on any atom is -0.497 e. The van der Waals surface area contributed by atoms with E-state index in [9.17, 15) is 14.7 Å². The first-order chi connectivity index (χ1) is 11.0. The Morgan fingerprint density at radius 2 is 2.17 bits per heavy atom. The van der Waals surface area contributed by atoms with Gasteiger partial charge >= 0.3 is 5.63 Å². The van der Waals surface area contributed by atoms with Gasteiger partial charge in [-0.25, -0.2) is 4.79 Å². The molecule has 23 heavy (non-hydrogen) atoms. The minimum absolute atomic E-state index is 0.0789. The number of aliphatic hydroxyl groups excluding tert-OH is 2. The average Bonchev–Trinajstić information content (AvgIpc) is 2.55. The Morgan fingerprint density at radius 3 is 2.83 bits per heavy atom. The molecule has 124 valence electrons. The summed E-state index contributed by atoms with van der Waals surface area (Å²) in [5.41, 5.74) is 0.739. The molecule has 3 N–H and O–H groups in total. The molecule has 0 aliphatic rings. The number of hydrogen-bond donors (Lipinski definition) is 3. The lowest BCUT2D eigenvalue weighted by atomic mass is 10.0. The Balaban J connectivity index is 2.27. The van der Waals surface area contributed by atoms with E-state index < -0.39 is 24.2 Å². The van der Waals surface area contributed by atoms with Gasteiger partial charge in [-0.3, -0.25) is 4.79 Å². The largest absolute Gasteiger partial charge is 0.497 e. The van der Waals surface area contributed by atoms with Crippen LogP contribution in [0.25, 0.3) is 11.0 Å². The highest BCUT2D eigenvalue weighted by Gasteiger charge is 2.16. The predicted molar refractivity (Wildman–Crippen MR) is 83.6 cm³/mol. The molecule has 0 fully saturated rings. The van der Waals surface area contributed by atoms with Gasteiger partial charge in [-0.15, -0.1) is 0 Å². The van der Waals surface area contributed by atoms with Crippen molar-refractivity contribution in [2.45, 2.75) is 19.4 Å². The minimum atomic E-state index is -1.03. The van der Waals surface area contributed by atoms with Gasteiger partial charge in [-0.2, -0.15) is 0 Å². The number of benzene rings is 1. The number of methoxy groups -OCH3 is 1. The molecule has 2 rings (SSSR count). The lowest BCUT2D eigenvalue weighted by Crippen LogP contribution is -2.35. The molecule has 0 bridgehead atoms. The van der Waals surface area contributed by atoms with Gasteiger partial charge < -0.3 is 24.7 Å². The fourth-order valence-corrected chi connectivity index (χ4v) is 2.23. The molecule has 0 saturated carbocycles. The van der Waals surface area contributed by atoms with Crippen molar-refractivity contribution in [3.8, 4) is 5.75 Å². The monoisotopic (exact) mass is 321 g/mol. The van der Waals surface area contributed by atoms with Crippen LogP contribution in [-0.4, -0.2) is 42.5 Å². The second-order valence-corrected chi connectivity index (χ2v) is 5.17. The number of rotatable bonds is 6. The summed E-state index contributed by atoms with van der Waals surface area (Å²) < 4.78 is 10.4. The number of carbonyl (C=O) groups is 1. The average molecular weight is 321 g/mol. The summed E-state index contributed by atoms with van der Waals surface area (Å²) in [5, 5.41) is 21.1. The molecule has 2 aromatic rings. The van der Waals surface area contributed by atoms with E-state index in [1.807, 2.05) is 0 Å². The first-order valence-corrected chi connectivity index (χ1v) is 7.12. The van der Waals surface area contributed by atoms with Crippen molar-refractivity contribution in [2.75, 3.05) is 20.3 Å². The van der Waals surface area contributed by atoms with E-state index >= 15 is 0 Å². The van der Waals surface area contributed by atoms with E-state index in [1.54, 1.807) is 25.1 Å². The molecule has 0 aliphatic carbocycles. The zero-order chi connectivity index (χ0) is 17.0. The Labute approximate surface area is 132 Å². The van der Waals surface area contributed by atoms with Gasteiger partial charge in [0.05, 0.1) is 31.8 Å². The fraction of sp³-hybridized carbons (Fsp3) is 0.375. The Morgan fingerprint density at radius 1 is 1.43 bits per heavy atom. The van der Waals surface area contributed by atoms with Crippen molar-refractivity contribution in [3.05, 3.63) is 39.7 Å². The zero-order valence-electron chi connectivity index (χ0n) is 13.0. The molecule has 7 nitrogen and oxygen atoms in total. The summed E-state index contributed by atoms with van der Waals surface area (Å²) >= 11 is 0. The molecule has 0 spiro atoms. The highest BCUT2D eigenvalue weighted by molar-refractivity contribution is 5.85. The molecule has 1 amide bonds. The lowest BCUT2D eigenvalue weighted by molar-refractivity contribution is -0.121. The van der Waals surface area contributed by atoms with E-state index in [-0.39, 0.29) is 18.5 Å². The fourth-order valence-electron chi connectivity index (χ4n) is 2.23. The van der Waals surface area contributed by atoms with Gasteiger partial charge in [0.2, 0.25) is 5.91 Å². The van der Waals surface area contributed by atoms with Crippen LogP contribution in [-0.2, 0) is 11.2 Å². The maximum atomic E-state index is 12.1. The smallest absolute Gasteiger partial charge is 0.340 e. The van der Waals surface area contributed by atoms with Gasteiger partial charge in [0.25, 0.3) is 0 Å². The highest BCUT2D eigenvalue weighted by atomic mass is 16.5. The number of nitrogens with one attached hydrogen (secondary N) is 1. The Hall–Kier alpha value is -2.38. The van der Waals surface area contributed by atoms with Crippen LogP contribution in [0, 0.1) is 6.92 Å². The summed E-state index contributed by atoms with van der Waals surface area (Å²) in [6.07, 6.45) is -1.19. The standard InChI is InChI=1S/C16H19NO6/c1-9-12-4-3-11(22-2)5-14(12)23-16(21)13(9)6-15(20)17-7-10(19)8-18/h3-5,10,18-19H,6-8H2,1-2H3,(H,17,20)/t10-/m0/s1. The number of amides is 1. The third-order valence-corrected chi connectivity index (χ3v) is 3.58. The predicted octanol–water partition coefficient (Wildman–Crippen LogP) is 0.122. The first kappa shape index (κ1) is 17.0. The van der Waals surface area contributed by atoms with Crippen molar-refractivity contribution in [1.29, 1.82) is 0 Å². The van der Waals surface area contributed by atoms with E-state index in [0.717, 1.165) is 5.39 Å². The number of hydrogen-bond acceptors (Lipinski definition) is 6. The normalized spacial score (nSPS) is 12.2. The van der Waals surface area contributed by atoms with Crippen molar-refractivity contribution in [3.63, 3.8) is 0 Å². The molecular formula is C16H19NO6. The van der Waals surface area contributed by atoms with Crippen molar-refractivity contribution in [1.82, 2.24) is 5.32 Å². The van der Waals surface area contributed by atoms with Crippen LogP contribution in [0.1, 0.15) is 11.1 Å². The van der Waals surface area contributed by atoms with Gasteiger partial charge in [0.15, 0.2) is 0 Å². The third-order valence-electron chi connectivity index (χ3n) is 3.58. The molecule has 1 atom stereocenters. The Kier molecular flexibility index (Phi) is 5.36. The molecule has 0 aliphatic heterocycles. The van der Waals surface area contributed by atoms with Gasteiger partial charge in [0.1, 0.15) is 11.3 Å². The van der Waals surface area contributed by atoms with Crippen molar-refractivity contribution >= 4 is 16.9 Å². The molecule has 7 heteroatoms. The number of carbonyl (C=O) groups excluding carboxylic acids is 1.